The third kappa shape index (κ3) is 3.59. The van der Waals surface area contributed by atoms with Gasteiger partial charge in [0.05, 0.1) is 11.5 Å². The van der Waals surface area contributed by atoms with E-state index in [0.717, 1.165) is 17.8 Å². The first-order chi connectivity index (χ1) is 13.6. The molecule has 28 heavy (non-hydrogen) atoms. The number of aromatic nitrogens is 2. The van der Waals surface area contributed by atoms with Gasteiger partial charge in [0.25, 0.3) is 0 Å². The fourth-order valence-electron chi connectivity index (χ4n) is 6.13. The van der Waals surface area contributed by atoms with Gasteiger partial charge in [-0.2, -0.15) is 4.98 Å². The molecule has 1 heterocycles. The predicted octanol–water partition coefficient (Wildman–Crippen LogP) is 4.68. The van der Waals surface area contributed by atoms with Gasteiger partial charge in [0.1, 0.15) is 5.75 Å². The Morgan fingerprint density at radius 1 is 1.14 bits per heavy atom. The van der Waals surface area contributed by atoms with E-state index in [1.54, 1.807) is 6.92 Å². The highest BCUT2D eigenvalue weighted by molar-refractivity contribution is 7.99. The number of rotatable bonds is 6. The fraction of sp³-hybridized carbons (Fsp3) is 0.591. The smallest absolute Gasteiger partial charge is 0.321 e. The number of benzene rings is 1. The van der Waals surface area contributed by atoms with Gasteiger partial charge in [-0.15, -0.1) is 11.8 Å². The Labute approximate surface area is 169 Å². The molecule has 4 bridgehead atoms. The van der Waals surface area contributed by atoms with Crippen LogP contribution in [0, 0.1) is 24.7 Å². The van der Waals surface area contributed by atoms with Crippen LogP contribution in [-0.2, 0) is 16.0 Å². The first-order valence-corrected chi connectivity index (χ1v) is 11.4. The molecule has 0 N–H and O–H groups in total. The summed E-state index contributed by atoms with van der Waals surface area (Å²) in [6.07, 6.45) is 8.42. The third-order valence-electron chi connectivity index (χ3n) is 6.76. The van der Waals surface area contributed by atoms with E-state index in [1.165, 1.54) is 55.9 Å². The number of carbonyl (C=O) groups excluding carboxylic acids is 1. The van der Waals surface area contributed by atoms with E-state index >= 15 is 0 Å². The second kappa shape index (κ2) is 7.21. The molecule has 4 aliphatic rings. The van der Waals surface area contributed by atoms with Crippen LogP contribution >= 0.6 is 11.8 Å². The summed E-state index contributed by atoms with van der Waals surface area (Å²) in [7, 11) is 0. The van der Waals surface area contributed by atoms with Crippen LogP contribution in [0.25, 0.3) is 0 Å². The normalized spacial score (nSPS) is 30.5. The van der Waals surface area contributed by atoms with Gasteiger partial charge in [-0.25, -0.2) is 0 Å². The molecule has 4 aliphatic carbocycles. The van der Waals surface area contributed by atoms with Gasteiger partial charge in [0.2, 0.25) is 5.89 Å². The topological polar surface area (TPSA) is 65.2 Å². The summed E-state index contributed by atoms with van der Waals surface area (Å²) < 4.78 is 10.4. The van der Waals surface area contributed by atoms with Crippen LogP contribution in [0.5, 0.6) is 5.75 Å². The fourth-order valence-corrected chi connectivity index (χ4v) is 6.75. The van der Waals surface area contributed by atoms with Gasteiger partial charge in [0, 0.05) is 6.92 Å². The van der Waals surface area contributed by atoms with Crippen LogP contribution < -0.4 is 4.74 Å². The molecular weight excluding hydrogens is 372 g/mol. The molecule has 1 aromatic carbocycles. The molecule has 4 saturated carbocycles. The predicted molar refractivity (Wildman–Crippen MR) is 107 cm³/mol. The highest BCUT2D eigenvalue weighted by Gasteiger charge is 2.51. The summed E-state index contributed by atoms with van der Waals surface area (Å²) in [5.74, 6) is 5.15. The van der Waals surface area contributed by atoms with Gasteiger partial charge >= 0.3 is 5.97 Å². The number of aryl methyl sites for hydroxylation is 1. The lowest BCUT2D eigenvalue weighted by atomic mass is 9.48. The minimum absolute atomic E-state index is 0.243. The third-order valence-corrected chi connectivity index (χ3v) is 7.66. The van der Waals surface area contributed by atoms with Crippen LogP contribution in [0.3, 0.4) is 0 Å². The molecule has 1 aromatic heterocycles. The molecule has 0 atom stereocenters. The maximum absolute atomic E-state index is 12.1. The lowest BCUT2D eigenvalue weighted by molar-refractivity contribution is -0.131. The number of thioether (sulfide) groups is 1. The number of carbonyl (C=O) groups is 1. The van der Waals surface area contributed by atoms with Crippen LogP contribution in [0.4, 0.5) is 0 Å². The SMILES string of the molecule is Cc1nc(CSCC(=O)Oc2ccc(C34CC5CC(CC(C5)C3)C4)cc2)no1. The number of nitrogens with zero attached hydrogens (tertiary/aromatic N) is 2. The Morgan fingerprint density at radius 3 is 2.36 bits per heavy atom. The van der Waals surface area contributed by atoms with Gasteiger partial charge < -0.3 is 9.26 Å². The Balaban J connectivity index is 1.17. The average Bonchev–Trinajstić information content (AvgIpc) is 3.06. The Bertz CT molecular complexity index is 826. The standard InChI is InChI=1S/C22H26N2O3S/c1-14-23-20(24-27-14)12-28-13-21(25)26-19-4-2-18(3-5-19)22-9-15-6-16(10-22)8-17(7-15)11-22/h2-5,15-17H,6-13H2,1H3. The minimum Gasteiger partial charge on any atom is -0.426 e. The molecule has 6 rings (SSSR count). The molecular formula is C22H26N2O3S. The Hall–Kier alpha value is -1.82. The maximum atomic E-state index is 12.1. The molecule has 0 unspecified atom stereocenters. The number of esters is 1. The molecule has 6 heteroatoms. The van der Waals surface area contributed by atoms with Gasteiger partial charge in [-0.3, -0.25) is 4.79 Å². The molecule has 0 aliphatic heterocycles. The summed E-state index contributed by atoms with van der Waals surface area (Å²) >= 11 is 1.43. The quantitative estimate of drug-likeness (QED) is 0.520. The largest absolute Gasteiger partial charge is 0.426 e. The van der Waals surface area contributed by atoms with Crippen molar-refractivity contribution in [3.8, 4) is 5.75 Å². The van der Waals surface area contributed by atoms with Crippen LogP contribution in [0.15, 0.2) is 28.8 Å². The Morgan fingerprint density at radius 2 is 1.79 bits per heavy atom. The second-order valence-corrected chi connectivity index (χ2v) is 9.90. The second-order valence-electron chi connectivity index (χ2n) is 8.92. The maximum Gasteiger partial charge on any atom is 0.321 e. The zero-order valence-electron chi connectivity index (χ0n) is 16.2. The van der Waals surface area contributed by atoms with Crippen molar-refractivity contribution in [1.29, 1.82) is 0 Å². The molecule has 4 fully saturated rings. The summed E-state index contributed by atoms with van der Waals surface area (Å²) in [4.78, 5) is 16.2. The number of hydrogen-bond acceptors (Lipinski definition) is 6. The van der Waals surface area contributed by atoms with Crippen molar-refractivity contribution < 1.29 is 14.1 Å². The van der Waals surface area contributed by atoms with Crippen molar-refractivity contribution in [3.63, 3.8) is 0 Å². The van der Waals surface area contributed by atoms with Crippen molar-refractivity contribution in [3.05, 3.63) is 41.5 Å². The monoisotopic (exact) mass is 398 g/mol. The average molecular weight is 399 g/mol. The van der Waals surface area contributed by atoms with Crippen molar-refractivity contribution in [2.45, 2.75) is 56.6 Å². The molecule has 148 valence electrons. The van der Waals surface area contributed by atoms with E-state index in [1.807, 2.05) is 12.1 Å². The molecule has 0 amide bonds. The van der Waals surface area contributed by atoms with Crippen molar-refractivity contribution in [2.24, 2.45) is 17.8 Å². The molecule has 2 aromatic rings. The van der Waals surface area contributed by atoms with Gasteiger partial charge in [-0.1, -0.05) is 17.3 Å². The lowest BCUT2D eigenvalue weighted by Crippen LogP contribution is -2.48. The molecule has 0 radical (unpaired) electrons. The minimum atomic E-state index is -0.243. The van der Waals surface area contributed by atoms with E-state index in [0.29, 0.717) is 28.6 Å². The zero-order chi connectivity index (χ0) is 19.1. The lowest BCUT2D eigenvalue weighted by Gasteiger charge is -2.57. The number of ether oxygens (including phenoxy) is 1. The van der Waals surface area contributed by atoms with Crippen molar-refractivity contribution >= 4 is 17.7 Å². The zero-order valence-corrected chi connectivity index (χ0v) is 17.0. The van der Waals surface area contributed by atoms with Crippen molar-refractivity contribution in [2.75, 3.05) is 5.75 Å². The molecule has 0 spiro atoms. The highest BCUT2D eigenvalue weighted by atomic mass is 32.2. The van der Waals surface area contributed by atoms with E-state index in [2.05, 4.69) is 22.3 Å². The first-order valence-electron chi connectivity index (χ1n) is 10.3. The highest BCUT2D eigenvalue weighted by Crippen LogP contribution is 2.60. The van der Waals surface area contributed by atoms with E-state index in [9.17, 15) is 4.79 Å². The molecule has 0 saturated heterocycles. The van der Waals surface area contributed by atoms with E-state index in [4.69, 9.17) is 9.26 Å². The summed E-state index contributed by atoms with van der Waals surface area (Å²) in [5.41, 5.74) is 1.84. The van der Waals surface area contributed by atoms with Gasteiger partial charge in [0.15, 0.2) is 5.82 Å². The Kier molecular flexibility index (Phi) is 4.69. The summed E-state index contributed by atoms with van der Waals surface area (Å²) in [6, 6.07) is 8.34. The molecule has 5 nitrogen and oxygen atoms in total. The van der Waals surface area contributed by atoms with Gasteiger partial charge in [-0.05, 0) is 79.4 Å². The first kappa shape index (κ1) is 18.2. The van der Waals surface area contributed by atoms with E-state index < -0.39 is 0 Å². The van der Waals surface area contributed by atoms with Crippen LogP contribution in [0.1, 0.15) is 55.8 Å². The summed E-state index contributed by atoms with van der Waals surface area (Å²) in [5, 5.41) is 3.82. The summed E-state index contributed by atoms with van der Waals surface area (Å²) in [6.45, 7) is 1.75. The number of hydrogen-bond donors (Lipinski definition) is 0. The van der Waals surface area contributed by atoms with E-state index in [-0.39, 0.29) is 11.7 Å². The van der Waals surface area contributed by atoms with Crippen LogP contribution in [0.2, 0.25) is 0 Å². The van der Waals surface area contributed by atoms with Crippen LogP contribution in [-0.4, -0.2) is 21.9 Å². The van der Waals surface area contributed by atoms with Crippen molar-refractivity contribution in [1.82, 2.24) is 10.1 Å².